The molecule has 88 valence electrons. The monoisotopic (exact) mass is 215 g/mol. The van der Waals surface area contributed by atoms with Gasteiger partial charge < -0.3 is 21.0 Å². The Kier molecular flexibility index (Phi) is 6.11. The van der Waals surface area contributed by atoms with E-state index in [1.165, 1.54) is 32.1 Å². The summed E-state index contributed by atoms with van der Waals surface area (Å²) in [6.45, 7) is 1.85. The van der Waals surface area contributed by atoms with Crippen molar-refractivity contribution in [3.05, 3.63) is 0 Å². The quantitative estimate of drug-likeness (QED) is 0.200. The molecule has 1 fully saturated rings. The van der Waals surface area contributed by atoms with Gasteiger partial charge in [-0.3, -0.25) is 0 Å². The summed E-state index contributed by atoms with van der Waals surface area (Å²) < 4.78 is 5.69. The molecule has 5 heteroatoms. The zero-order valence-electron chi connectivity index (χ0n) is 9.11. The molecule has 0 aromatic rings. The van der Waals surface area contributed by atoms with Gasteiger partial charge in [0.25, 0.3) is 0 Å². The number of nitrogens with zero attached hydrogens (tertiary/aromatic N) is 1. The minimum Gasteiger partial charge on any atom is -0.409 e. The van der Waals surface area contributed by atoms with Crippen molar-refractivity contribution in [2.24, 2.45) is 10.9 Å². The van der Waals surface area contributed by atoms with Crippen LogP contribution in [0.2, 0.25) is 0 Å². The maximum atomic E-state index is 8.29. The minimum absolute atomic E-state index is 0.202. The molecule has 1 saturated carbocycles. The molecule has 1 aliphatic carbocycles. The molecule has 0 saturated heterocycles. The molecule has 5 nitrogen and oxygen atoms in total. The maximum absolute atomic E-state index is 8.29. The lowest BCUT2D eigenvalue weighted by atomic mass is 9.98. The second-order valence-electron chi connectivity index (χ2n) is 3.90. The van der Waals surface area contributed by atoms with Gasteiger partial charge in [0.1, 0.15) is 0 Å². The van der Waals surface area contributed by atoms with Crippen LogP contribution in [0.5, 0.6) is 0 Å². The molecule has 0 radical (unpaired) electrons. The first-order valence-electron chi connectivity index (χ1n) is 5.61. The van der Waals surface area contributed by atoms with E-state index in [1.807, 2.05) is 0 Å². The molecule has 0 aliphatic heterocycles. The molecule has 0 heterocycles. The van der Waals surface area contributed by atoms with Crippen LogP contribution in [0.25, 0.3) is 0 Å². The van der Waals surface area contributed by atoms with Crippen LogP contribution in [0.4, 0.5) is 0 Å². The summed E-state index contributed by atoms with van der Waals surface area (Å²) in [5.41, 5.74) is 5.29. The average molecular weight is 215 g/mol. The van der Waals surface area contributed by atoms with Gasteiger partial charge in [0.05, 0.1) is 19.3 Å². The van der Waals surface area contributed by atoms with Crippen LogP contribution in [-0.4, -0.2) is 36.8 Å². The smallest absolute Gasteiger partial charge is 0.153 e. The number of nitrogens with two attached hydrogens (primary N) is 1. The summed E-state index contributed by atoms with van der Waals surface area (Å²) in [4.78, 5) is 0. The van der Waals surface area contributed by atoms with Gasteiger partial charge in [-0.05, 0) is 12.8 Å². The lowest BCUT2D eigenvalue weighted by molar-refractivity contribution is 0.0307. The predicted octanol–water partition coefficient (Wildman–Crippen LogP) is 0.672. The number of amidine groups is 1. The largest absolute Gasteiger partial charge is 0.409 e. The normalized spacial score (nSPS) is 19.3. The molecular weight excluding hydrogens is 194 g/mol. The fourth-order valence-corrected chi connectivity index (χ4v) is 1.78. The van der Waals surface area contributed by atoms with Gasteiger partial charge in [0.15, 0.2) is 5.84 Å². The highest BCUT2D eigenvalue weighted by Gasteiger charge is 2.12. The number of hydrogen-bond acceptors (Lipinski definition) is 4. The predicted molar refractivity (Wildman–Crippen MR) is 59.1 cm³/mol. The first-order chi connectivity index (χ1) is 7.33. The second-order valence-corrected chi connectivity index (χ2v) is 3.90. The molecule has 0 amide bonds. The van der Waals surface area contributed by atoms with Crippen LogP contribution in [0.15, 0.2) is 5.16 Å². The number of rotatable bonds is 6. The number of oxime groups is 1. The Labute approximate surface area is 90.7 Å². The molecule has 4 N–H and O–H groups in total. The van der Waals surface area contributed by atoms with Crippen LogP contribution in [0.3, 0.4) is 0 Å². The van der Waals surface area contributed by atoms with Crippen molar-refractivity contribution >= 4 is 5.84 Å². The molecule has 0 atom stereocenters. The van der Waals surface area contributed by atoms with E-state index >= 15 is 0 Å². The first kappa shape index (κ1) is 12.3. The van der Waals surface area contributed by atoms with Gasteiger partial charge in [-0.15, -0.1) is 0 Å². The van der Waals surface area contributed by atoms with Crippen LogP contribution in [0.1, 0.15) is 32.1 Å². The topological polar surface area (TPSA) is 79.9 Å². The highest BCUT2D eigenvalue weighted by molar-refractivity contribution is 5.81. The fraction of sp³-hybridized carbons (Fsp3) is 0.900. The Bertz CT molecular complexity index is 191. The number of ether oxygens (including phenoxy) is 1. The van der Waals surface area contributed by atoms with E-state index in [4.69, 9.17) is 15.7 Å². The molecule has 0 unspecified atom stereocenters. The third-order valence-corrected chi connectivity index (χ3v) is 2.62. The van der Waals surface area contributed by atoms with Crippen molar-refractivity contribution in [1.29, 1.82) is 0 Å². The summed E-state index contributed by atoms with van der Waals surface area (Å²) >= 11 is 0. The summed E-state index contributed by atoms with van der Waals surface area (Å²) in [5, 5.41) is 14.2. The fourth-order valence-electron chi connectivity index (χ4n) is 1.78. The summed E-state index contributed by atoms with van der Waals surface area (Å²) in [5.74, 6) is 0.202. The Morgan fingerprint density at radius 2 is 2.13 bits per heavy atom. The van der Waals surface area contributed by atoms with Gasteiger partial charge in [0, 0.05) is 6.54 Å². The zero-order chi connectivity index (χ0) is 10.9. The third-order valence-electron chi connectivity index (χ3n) is 2.62. The Balaban J connectivity index is 1.92. The van der Waals surface area contributed by atoms with Crippen LogP contribution in [-0.2, 0) is 4.74 Å². The Hall–Kier alpha value is -0.810. The second kappa shape index (κ2) is 7.48. The number of nitrogens with one attached hydrogen (secondary N) is 1. The standard InChI is InChI=1S/C10H21N3O2/c11-10(13-14)8-12-6-7-15-9-4-2-1-3-5-9/h9,12,14H,1-8H2,(H2,11,13). The number of hydrogen-bond donors (Lipinski definition) is 3. The van der Waals surface area contributed by atoms with Crippen LogP contribution in [0, 0.1) is 0 Å². The summed E-state index contributed by atoms with van der Waals surface area (Å²) in [7, 11) is 0. The zero-order valence-corrected chi connectivity index (χ0v) is 9.11. The molecule has 0 aromatic carbocycles. The van der Waals surface area contributed by atoms with Gasteiger partial charge >= 0.3 is 0 Å². The van der Waals surface area contributed by atoms with E-state index < -0.39 is 0 Å². The van der Waals surface area contributed by atoms with Gasteiger partial charge in [-0.2, -0.15) is 0 Å². The van der Waals surface area contributed by atoms with Crippen molar-refractivity contribution in [3.8, 4) is 0 Å². The van der Waals surface area contributed by atoms with Gasteiger partial charge in [-0.25, -0.2) is 0 Å². The van der Waals surface area contributed by atoms with Crippen LogP contribution < -0.4 is 11.1 Å². The van der Waals surface area contributed by atoms with E-state index in [0.29, 0.717) is 19.3 Å². The lowest BCUT2D eigenvalue weighted by Gasteiger charge is -2.21. The van der Waals surface area contributed by atoms with Crippen molar-refractivity contribution in [2.45, 2.75) is 38.2 Å². The Morgan fingerprint density at radius 3 is 2.80 bits per heavy atom. The Morgan fingerprint density at radius 1 is 1.40 bits per heavy atom. The van der Waals surface area contributed by atoms with Gasteiger partial charge in [0.2, 0.25) is 0 Å². The lowest BCUT2D eigenvalue weighted by Crippen LogP contribution is -2.32. The highest BCUT2D eigenvalue weighted by Crippen LogP contribution is 2.19. The van der Waals surface area contributed by atoms with E-state index in [-0.39, 0.29) is 5.84 Å². The van der Waals surface area contributed by atoms with E-state index in [2.05, 4.69) is 10.5 Å². The van der Waals surface area contributed by atoms with Gasteiger partial charge in [-0.1, -0.05) is 24.4 Å². The molecule has 0 bridgehead atoms. The molecule has 0 spiro atoms. The SMILES string of the molecule is NC(CNCCOC1CCCCC1)=NO. The van der Waals surface area contributed by atoms with Crippen LogP contribution >= 0.6 is 0 Å². The molecule has 1 aliphatic rings. The maximum Gasteiger partial charge on any atom is 0.153 e. The van der Waals surface area contributed by atoms with Crippen molar-refractivity contribution < 1.29 is 9.94 Å². The summed E-state index contributed by atoms with van der Waals surface area (Å²) in [6, 6.07) is 0. The van der Waals surface area contributed by atoms with Crippen molar-refractivity contribution in [2.75, 3.05) is 19.7 Å². The molecule has 1 rings (SSSR count). The van der Waals surface area contributed by atoms with Crippen molar-refractivity contribution in [3.63, 3.8) is 0 Å². The first-order valence-corrected chi connectivity index (χ1v) is 5.61. The minimum atomic E-state index is 0.202. The van der Waals surface area contributed by atoms with Crippen molar-refractivity contribution in [1.82, 2.24) is 5.32 Å². The third kappa shape index (κ3) is 5.59. The van der Waals surface area contributed by atoms with E-state index in [0.717, 1.165) is 6.54 Å². The molecule has 15 heavy (non-hydrogen) atoms. The highest BCUT2D eigenvalue weighted by atomic mass is 16.5. The van der Waals surface area contributed by atoms with E-state index in [9.17, 15) is 0 Å². The molecule has 0 aromatic heterocycles. The summed E-state index contributed by atoms with van der Waals surface area (Å²) in [6.07, 6.45) is 6.77. The average Bonchev–Trinajstić information content (AvgIpc) is 2.29. The molecular formula is C10H21N3O2. The van der Waals surface area contributed by atoms with E-state index in [1.54, 1.807) is 0 Å².